The van der Waals surface area contributed by atoms with Gasteiger partial charge in [-0.25, -0.2) is 9.18 Å². The number of ketones is 1. The zero-order valence-corrected chi connectivity index (χ0v) is 9.54. The first-order valence-corrected chi connectivity index (χ1v) is 4.72. The number of carbonyl (C=O) groups is 2. The van der Waals surface area contributed by atoms with Crippen LogP contribution in [0.3, 0.4) is 0 Å². The van der Waals surface area contributed by atoms with E-state index in [-0.39, 0.29) is 4.47 Å². The van der Waals surface area contributed by atoms with E-state index in [9.17, 15) is 19.1 Å². The van der Waals surface area contributed by atoms with Gasteiger partial charge in [0.05, 0.1) is 12.7 Å². The van der Waals surface area contributed by atoms with Crippen LogP contribution in [-0.4, -0.2) is 29.1 Å². The summed E-state index contributed by atoms with van der Waals surface area (Å²) < 4.78 is 17.6. The van der Waals surface area contributed by atoms with Gasteiger partial charge in [0.1, 0.15) is 0 Å². The summed E-state index contributed by atoms with van der Waals surface area (Å²) in [5.41, 5.74) is -0.436. The highest BCUT2D eigenvalue weighted by Crippen LogP contribution is 2.37. The second-order valence-corrected chi connectivity index (χ2v) is 3.59. The summed E-state index contributed by atoms with van der Waals surface area (Å²) >= 11 is 2.83. The lowest BCUT2D eigenvalue weighted by atomic mass is 10.1. The van der Waals surface area contributed by atoms with Crippen molar-refractivity contribution in [3.8, 4) is 11.5 Å². The average Bonchev–Trinajstić information content (AvgIpc) is 2.21. The van der Waals surface area contributed by atoms with Gasteiger partial charge in [-0.15, -0.1) is 0 Å². The summed E-state index contributed by atoms with van der Waals surface area (Å²) in [6.45, 7) is 0. The Morgan fingerprint density at radius 2 is 2.06 bits per heavy atom. The maximum atomic E-state index is 13.1. The molecular formula is C9H6BrFO5. The molecule has 0 aromatic heterocycles. The number of carboxylic acid groups (broad SMARTS) is 1. The molecule has 0 saturated carbocycles. The maximum Gasteiger partial charge on any atom is 0.377 e. The Bertz CT molecular complexity index is 471. The Morgan fingerprint density at radius 1 is 1.50 bits per heavy atom. The Hall–Kier alpha value is -1.63. The van der Waals surface area contributed by atoms with Crippen molar-refractivity contribution in [1.82, 2.24) is 0 Å². The average molecular weight is 293 g/mol. The van der Waals surface area contributed by atoms with Crippen molar-refractivity contribution in [2.45, 2.75) is 0 Å². The van der Waals surface area contributed by atoms with E-state index in [1.807, 2.05) is 0 Å². The molecule has 0 saturated heterocycles. The Morgan fingerprint density at radius 3 is 2.50 bits per heavy atom. The number of rotatable bonds is 3. The summed E-state index contributed by atoms with van der Waals surface area (Å²) in [5, 5.41) is 17.8. The zero-order valence-electron chi connectivity index (χ0n) is 7.95. The molecule has 0 bridgehead atoms. The SMILES string of the molecule is COc1c(O)c(F)cc(Br)c1C(=O)C(=O)O. The molecule has 0 spiro atoms. The first kappa shape index (κ1) is 12.4. The molecule has 0 aliphatic heterocycles. The van der Waals surface area contributed by atoms with Crippen LogP contribution in [0.25, 0.3) is 0 Å². The number of carboxylic acids is 1. The number of benzene rings is 1. The van der Waals surface area contributed by atoms with Crippen molar-refractivity contribution in [3.05, 3.63) is 21.9 Å². The topological polar surface area (TPSA) is 83.8 Å². The lowest BCUT2D eigenvalue weighted by molar-refractivity contribution is -0.131. The number of aromatic hydroxyl groups is 1. The highest BCUT2D eigenvalue weighted by molar-refractivity contribution is 9.10. The van der Waals surface area contributed by atoms with Crippen LogP contribution in [0.5, 0.6) is 11.5 Å². The number of hydrogen-bond acceptors (Lipinski definition) is 4. The number of Topliss-reactive ketones (excluding diaryl/α,β-unsaturated/α-hetero) is 1. The van der Waals surface area contributed by atoms with Gasteiger partial charge >= 0.3 is 5.97 Å². The van der Waals surface area contributed by atoms with Crippen LogP contribution in [0.15, 0.2) is 10.5 Å². The second-order valence-electron chi connectivity index (χ2n) is 2.73. The number of aliphatic carboxylic acids is 1. The minimum absolute atomic E-state index is 0.105. The van der Waals surface area contributed by atoms with Crippen LogP contribution >= 0.6 is 15.9 Å². The van der Waals surface area contributed by atoms with Gasteiger partial charge in [-0.2, -0.15) is 0 Å². The third-order valence-electron chi connectivity index (χ3n) is 1.79. The van der Waals surface area contributed by atoms with Crippen molar-refractivity contribution < 1.29 is 28.9 Å². The Labute approximate surface area is 97.6 Å². The molecule has 0 aliphatic carbocycles. The van der Waals surface area contributed by atoms with Crippen LogP contribution in [0.1, 0.15) is 10.4 Å². The van der Waals surface area contributed by atoms with Gasteiger partial charge < -0.3 is 14.9 Å². The lowest BCUT2D eigenvalue weighted by Crippen LogP contribution is -2.15. The van der Waals surface area contributed by atoms with E-state index in [1.54, 1.807) is 0 Å². The molecule has 0 atom stereocenters. The number of phenolic OH excluding ortho intramolecular Hbond substituents is 1. The van der Waals surface area contributed by atoms with Crippen molar-refractivity contribution in [2.75, 3.05) is 7.11 Å². The summed E-state index contributed by atoms with van der Waals surface area (Å²) in [5.74, 6) is -5.48. The third-order valence-corrected chi connectivity index (χ3v) is 2.41. The van der Waals surface area contributed by atoms with Gasteiger partial charge in [0.25, 0.3) is 5.78 Å². The molecule has 1 aromatic carbocycles. The number of carbonyl (C=O) groups excluding carboxylic acids is 1. The monoisotopic (exact) mass is 292 g/mol. The van der Waals surface area contributed by atoms with Crippen molar-refractivity contribution >= 4 is 27.7 Å². The summed E-state index contributed by atoms with van der Waals surface area (Å²) in [4.78, 5) is 21.8. The van der Waals surface area contributed by atoms with Crippen LogP contribution in [0.2, 0.25) is 0 Å². The van der Waals surface area contributed by atoms with Crippen molar-refractivity contribution in [3.63, 3.8) is 0 Å². The van der Waals surface area contributed by atoms with E-state index in [2.05, 4.69) is 20.7 Å². The smallest absolute Gasteiger partial charge is 0.377 e. The Balaban J connectivity index is 3.55. The number of hydrogen-bond donors (Lipinski definition) is 2. The fourth-order valence-corrected chi connectivity index (χ4v) is 1.67. The molecule has 1 rings (SSSR count). The highest BCUT2D eigenvalue weighted by Gasteiger charge is 2.27. The molecule has 1 aromatic rings. The molecule has 86 valence electrons. The minimum atomic E-state index is -1.73. The van der Waals surface area contributed by atoms with E-state index in [0.717, 1.165) is 13.2 Å². The molecule has 16 heavy (non-hydrogen) atoms. The van der Waals surface area contributed by atoms with E-state index in [4.69, 9.17) is 5.11 Å². The first-order chi connectivity index (χ1) is 7.40. The third kappa shape index (κ3) is 1.99. The normalized spacial score (nSPS) is 9.94. The number of ether oxygens (including phenoxy) is 1. The molecule has 5 nitrogen and oxygen atoms in total. The van der Waals surface area contributed by atoms with E-state index in [0.29, 0.717) is 0 Å². The van der Waals surface area contributed by atoms with Crippen LogP contribution in [0, 0.1) is 5.82 Å². The van der Waals surface area contributed by atoms with Gasteiger partial charge in [-0.3, -0.25) is 4.79 Å². The quantitative estimate of drug-likeness (QED) is 0.653. The predicted octanol–water partition coefficient (Wildman–Crippen LogP) is 1.57. The van der Waals surface area contributed by atoms with E-state index < -0.39 is 34.6 Å². The number of phenols is 1. The van der Waals surface area contributed by atoms with Gasteiger partial charge in [-0.05, 0) is 22.0 Å². The largest absolute Gasteiger partial charge is 0.502 e. The zero-order chi connectivity index (χ0) is 12.5. The first-order valence-electron chi connectivity index (χ1n) is 3.92. The second kappa shape index (κ2) is 4.48. The fraction of sp³-hybridized carbons (Fsp3) is 0.111. The molecule has 2 N–H and O–H groups in total. The predicted molar refractivity (Wildman–Crippen MR) is 54.3 cm³/mol. The van der Waals surface area contributed by atoms with Gasteiger partial charge in [-0.1, -0.05) is 0 Å². The van der Waals surface area contributed by atoms with Crippen LogP contribution in [-0.2, 0) is 4.79 Å². The van der Waals surface area contributed by atoms with Crippen LogP contribution in [0.4, 0.5) is 4.39 Å². The Kier molecular flexibility index (Phi) is 3.48. The summed E-state index contributed by atoms with van der Waals surface area (Å²) in [6, 6.07) is 0.786. The van der Waals surface area contributed by atoms with Crippen molar-refractivity contribution in [2.24, 2.45) is 0 Å². The van der Waals surface area contributed by atoms with E-state index in [1.165, 1.54) is 0 Å². The molecule has 0 fully saturated rings. The van der Waals surface area contributed by atoms with Crippen LogP contribution < -0.4 is 4.74 Å². The molecule has 0 aliphatic rings. The molecule has 0 unspecified atom stereocenters. The van der Waals surface area contributed by atoms with E-state index >= 15 is 0 Å². The molecule has 7 heteroatoms. The summed E-state index contributed by atoms with van der Waals surface area (Å²) in [7, 11) is 1.08. The van der Waals surface area contributed by atoms with Crippen molar-refractivity contribution in [1.29, 1.82) is 0 Å². The lowest BCUT2D eigenvalue weighted by Gasteiger charge is -2.10. The summed E-state index contributed by atoms with van der Waals surface area (Å²) in [6.07, 6.45) is 0. The number of halogens is 2. The number of methoxy groups -OCH3 is 1. The van der Waals surface area contributed by atoms with Gasteiger partial charge in [0, 0.05) is 4.47 Å². The van der Waals surface area contributed by atoms with Gasteiger partial charge in [0.2, 0.25) is 0 Å². The van der Waals surface area contributed by atoms with Gasteiger partial charge in [0.15, 0.2) is 17.3 Å². The fourth-order valence-electron chi connectivity index (χ4n) is 1.10. The maximum absolute atomic E-state index is 13.1. The molecule has 0 radical (unpaired) electrons. The highest BCUT2D eigenvalue weighted by atomic mass is 79.9. The standard InChI is InChI=1S/C9H6BrFO5/c1-16-8-5(7(13)9(14)15)3(10)2-4(11)6(8)12/h2,12H,1H3,(H,14,15). The molecule has 0 heterocycles. The minimum Gasteiger partial charge on any atom is -0.502 e. The molecular weight excluding hydrogens is 287 g/mol. The molecule has 0 amide bonds.